The molecule has 0 aliphatic carbocycles. The minimum Gasteiger partial charge on any atom is -0.467 e. The lowest BCUT2D eigenvalue weighted by Gasteiger charge is -2.32. The molecule has 0 spiro atoms. The number of rotatable bonds is 5. The van der Waals surface area contributed by atoms with Gasteiger partial charge in [0, 0.05) is 0 Å². The maximum Gasteiger partial charge on any atom is 0.534 e. The molecule has 0 amide bonds. The van der Waals surface area contributed by atoms with Crippen LogP contribution >= 0.6 is 0 Å². The molecule has 6 nitrogen and oxygen atoms in total. The van der Waals surface area contributed by atoms with Gasteiger partial charge in [0.15, 0.2) is 5.76 Å². The number of ether oxygens (including phenoxy) is 2. The van der Waals surface area contributed by atoms with Crippen LogP contribution in [-0.4, -0.2) is 38.3 Å². The first-order valence-electron chi connectivity index (χ1n) is 6.80. The Balaban J connectivity index is 3.51. The van der Waals surface area contributed by atoms with E-state index >= 15 is 0 Å². The molecule has 2 atom stereocenters. The van der Waals surface area contributed by atoms with Gasteiger partial charge in [-0.2, -0.15) is 34.8 Å². The van der Waals surface area contributed by atoms with Crippen molar-refractivity contribution in [1.82, 2.24) is 0 Å². The highest BCUT2D eigenvalue weighted by molar-refractivity contribution is 7.87. The van der Waals surface area contributed by atoms with Crippen LogP contribution in [0.15, 0.2) is 11.5 Å². The molecule has 0 aromatic heterocycles. The minimum absolute atomic E-state index is 0.343. The van der Waals surface area contributed by atoms with Crippen molar-refractivity contribution < 1.29 is 53.2 Å². The second-order valence-electron chi connectivity index (χ2n) is 5.06. The quantitative estimate of drug-likeness (QED) is 0.306. The smallest absolute Gasteiger partial charge is 0.467 e. The van der Waals surface area contributed by atoms with Crippen LogP contribution in [0.2, 0.25) is 0 Å². The van der Waals surface area contributed by atoms with Gasteiger partial charge in [0.1, 0.15) is 0 Å². The highest BCUT2D eigenvalue weighted by Gasteiger charge is 2.66. The normalized spacial score (nSPS) is 24.9. The standard InChI is InChI=1S/C12H14F6O6S/c1-4-6-7(24-25(20,21)12(16,17)18)8(9(19)22-5-2)23-10(6,3)11(13,14)15/h6H,4-5H2,1-3H3. The summed E-state index contributed by atoms with van der Waals surface area (Å²) in [4.78, 5) is 11.7. The zero-order valence-electron chi connectivity index (χ0n) is 13.1. The molecule has 0 aromatic carbocycles. The lowest BCUT2D eigenvalue weighted by molar-refractivity contribution is -0.265. The van der Waals surface area contributed by atoms with E-state index < -0.39 is 57.2 Å². The summed E-state index contributed by atoms with van der Waals surface area (Å²) in [7, 11) is -6.31. The Morgan fingerprint density at radius 1 is 1.20 bits per heavy atom. The molecule has 1 aliphatic heterocycles. The van der Waals surface area contributed by atoms with Crippen molar-refractivity contribution in [3.05, 3.63) is 11.5 Å². The van der Waals surface area contributed by atoms with E-state index in [4.69, 9.17) is 0 Å². The topological polar surface area (TPSA) is 78.9 Å². The molecule has 0 bridgehead atoms. The predicted molar refractivity (Wildman–Crippen MR) is 69.0 cm³/mol. The SMILES string of the molecule is CCOC(=O)C1=C(OS(=O)(=O)C(F)(F)F)C(CC)C(C)(C(F)(F)F)O1. The van der Waals surface area contributed by atoms with E-state index in [0.29, 0.717) is 6.92 Å². The molecular formula is C12H14F6O6S. The summed E-state index contributed by atoms with van der Waals surface area (Å²) in [5, 5.41) is 0. The first-order valence-corrected chi connectivity index (χ1v) is 8.21. The molecule has 0 aromatic rings. The van der Waals surface area contributed by atoms with Crippen LogP contribution in [0.25, 0.3) is 0 Å². The van der Waals surface area contributed by atoms with Crippen LogP contribution in [0.1, 0.15) is 27.2 Å². The van der Waals surface area contributed by atoms with E-state index in [0.717, 1.165) is 6.92 Å². The maximum atomic E-state index is 13.3. The zero-order chi connectivity index (χ0) is 19.8. The highest BCUT2D eigenvalue weighted by Crippen LogP contribution is 2.51. The van der Waals surface area contributed by atoms with E-state index in [1.807, 2.05) is 0 Å². The molecule has 0 fully saturated rings. The second-order valence-corrected chi connectivity index (χ2v) is 6.60. The summed E-state index contributed by atoms with van der Waals surface area (Å²) >= 11 is 0. The maximum absolute atomic E-state index is 13.3. The van der Waals surface area contributed by atoms with Crippen LogP contribution in [-0.2, 0) is 28.6 Å². The van der Waals surface area contributed by atoms with E-state index in [2.05, 4.69) is 13.7 Å². The van der Waals surface area contributed by atoms with Gasteiger partial charge < -0.3 is 13.7 Å². The molecular weight excluding hydrogens is 386 g/mol. The molecule has 13 heteroatoms. The van der Waals surface area contributed by atoms with Crippen molar-refractivity contribution in [2.75, 3.05) is 6.61 Å². The first-order chi connectivity index (χ1) is 11.1. The number of hydrogen-bond donors (Lipinski definition) is 0. The van der Waals surface area contributed by atoms with E-state index in [1.54, 1.807) is 0 Å². The molecule has 1 heterocycles. The Morgan fingerprint density at radius 2 is 1.72 bits per heavy atom. The fourth-order valence-electron chi connectivity index (χ4n) is 2.17. The summed E-state index contributed by atoms with van der Waals surface area (Å²) < 4.78 is 113. The van der Waals surface area contributed by atoms with Crippen LogP contribution in [0.5, 0.6) is 0 Å². The van der Waals surface area contributed by atoms with Gasteiger partial charge in [-0.1, -0.05) is 6.92 Å². The lowest BCUT2D eigenvalue weighted by Crippen LogP contribution is -2.48. The number of alkyl halides is 6. The monoisotopic (exact) mass is 400 g/mol. The van der Waals surface area contributed by atoms with Gasteiger partial charge in [0.25, 0.3) is 0 Å². The molecule has 0 radical (unpaired) electrons. The van der Waals surface area contributed by atoms with E-state index in [9.17, 15) is 39.6 Å². The molecule has 146 valence electrons. The molecule has 0 saturated carbocycles. The number of carbonyl (C=O) groups is 1. The molecule has 0 N–H and O–H groups in total. The van der Waals surface area contributed by atoms with Crippen molar-refractivity contribution in [2.45, 2.75) is 44.5 Å². The summed E-state index contributed by atoms with van der Waals surface area (Å²) in [6, 6.07) is 0. The summed E-state index contributed by atoms with van der Waals surface area (Å²) in [6.07, 6.45) is -5.67. The van der Waals surface area contributed by atoms with Gasteiger partial charge >= 0.3 is 27.8 Å². The van der Waals surface area contributed by atoms with Gasteiger partial charge in [-0.15, -0.1) is 0 Å². The minimum atomic E-state index is -6.31. The van der Waals surface area contributed by atoms with Crippen molar-refractivity contribution in [3.8, 4) is 0 Å². The second kappa shape index (κ2) is 6.57. The summed E-state index contributed by atoms with van der Waals surface area (Å²) in [5.41, 5.74) is -9.07. The van der Waals surface area contributed by atoms with Crippen LogP contribution < -0.4 is 0 Å². The molecule has 1 rings (SSSR count). The molecule has 2 unspecified atom stereocenters. The largest absolute Gasteiger partial charge is 0.534 e. The van der Waals surface area contributed by atoms with Crippen molar-refractivity contribution in [3.63, 3.8) is 0 Å². The van der Waals surface area contributed by atoms with Crippen molar-refractivity contribution in [1.29, 1.82) is 0 Å². The number of hydrogen-bond acceptors (Lipinski definition) is 6. The van der Waals surface area contributed by atoms with Gasteiger partial charge in [0.2, 0.25) is 11.4 Å². The fraction of sp³-hybridized carbons (Fsp3) is 0.750. The van der Waals surface area contributed by atoms with Crippen LogP contribution in [0.4, 0.5) is 26.3 Å². The lowest BCUT2D eigenvalue weighted by atomic mass is 9.86. The van der Waals surface area contributed by atoms with Crippen molar-refractivity contribution >= 4 is 16.1 Å². The molecule has 1 aliphatic rings. The molecule has 0 saturated heterocycles. The Labute approximate surface area is 138 Å². The third-order valence-electron chi connectivity index (χ3n) is 3.43. The Hall–Kier alpha value is -1.66. The number of carbonyl (C=O) groups excluding carboxylic acids is 1. The third kappa shape index (κ3) is 3.80. The van der Waals surface area contributed by atoms with Gasteiger partial charge in [-0.25, -0.2) is 4.79 Å². The Morgan fingerprint density at radius 3 is 2.08 bits per heavy atom. The third-order valence-corrected chi connectivity index (χ3v) is 4.40. The van der Waals surface area contributed by atoms with Crippen molar-refractivity contribution in [2.24, 2.45) is 5.92 Å². The van der Waals surface area contributed by atoms with Crippen LogP contribution in [0, 0.1) is 5.92 Å². The van der Waals surface area contributed by atoms with E-state index in [1.165, 1.54) is 6.92 Å². The predicted octanol–water partition coefficient (Wildman–Crippen LogP) is 3.00. The Kier molecular flexibility index (Phi) is 5.62. The average molecular weight is 400 g/mol. The first kappa shape index (κ1) is 21.4. The summed E-state index contributed by atoms with van der Waals surface area (Å²) in [5.74, 6) is -6.33. The van der Waals surface area contributed by atoms with Gasteiger partial charge in [-0.3, -0.25) is 0 Å². The average Bonchev–Trinajstić information content (AvgIpc) is 2.70. The number of halogens is 6. The zero-order valence-corrected chi connectivity index (χ0v) is 13.9. The summed E-state index contributed by atoms with van der Waals surface area (Å²) in [6.45, 7) is 2.54. The van der Waals surface area contributed by atoms with Crippen LogP contribution in [0.3, 0.4) is 0 Å². The Bertz CT molecular complexity index is 665. The molecule has 25 heavy (non-hydrogen) atoms. The number of esters is 1. The van der Waals surface area contributed by atoms with Gasteiger partial charge in [0.05, 0.1) is 12.5 Å². The fourth-order valence-corrected chi connectivity index (χ4v) is 2.70. The van der Waals surface area contributed by atoms with E-state index in [-0.39, 0.29) is 6.61 Å². The highest BCUT2D eigenvalue weighted by atomic mass is 32.2. The van der Waals surface area contributed by atoms with Gasteiger partial charge in [-0.05, 0) is 20.3 Å².